The fourth-order valence-electron chi connectivity index (χ4n) is 0.965. The van der Waals surface area contributed by atoms with E-state index in [4.69, 9.17) is 0 Å². The maximum atomic E-state index is 3.71. The second-order valence-corrected chi connectivity index (χ2v) is 4.39. The zero-order valence-electron chi connectivity index (χ0n) is 7.73. The van der Waals surface area contributed by atoms with Gasteiger partial charge >= 0.3 is 0 Å². The molecule has 0 nitrogen and oxygen atoms in total. The Hall–Kier alpha value is 0.170. The van der Waals surface area contributed by atoms with Crippen molar-refractivity contribution in [3.63, 3.8) is 0 Å². The molecule has 0 aromatic carbocycles. The Morgan fingerprint density at radius 1 is 1.18 bits per heavy atom. The van der Waals surface area contributed by atoms with Crippen molar-refractivity contribution in [2.24, 2.45) is 0 Å². The van der Waals surface area contributed by atoms with Gasteiger partial charge in [0.1, 0.15) is 0 Å². The molecule has 0 saturated carbocycles. The van der Waals surface area contributed by atoms with Crippen molar-refractivity contribution in [2.45, 2.75) is 39.0 Å². The van der Waals surface area contributed by atoms with Gasteiger partial charge in [0.05, 0.1) is 0 Å². The van der Waals surface area contributed by atoms with Gasteiger partial charge < -0.3 is 0 Å². The minimum absolute atomic E-state index is 1.21. The number of unbranched alkanes of at least 4 members (excludes halogenated alkanes) is 3. The van der Waals surface area contributed by atoms with Gasteiger partial charge in [0.15, 0.2) is 0 Å². The lowest BCUT2D eigenvalue weighted by Crippen LogP contribution is -1.80. The Kier molecular flexibility index (Phi) is 10.3. The maximum Gasteiger partial charge on any atom is -0.0353 e. The van der Waals surface area contributed by atoms with Gasteiger partial charge in [-0.3, -0.25) is 0 Å². The van der Waals surface area contributed by atoms with E-state index in [1.165, 1.54) is 53.0 Å². The highest BCUT2D eigenvalue weighted by atomic mass is 31.1. The molecule has 0 amide bonds. The van der Waals surface area contributed by atoms with E-state index in [2.05, 4.69) is 13.5 Å². The molecule has 0 spiro atoms. The van der Waals surface area contributed by atoms with Gasteiger partial charge in [-0.05, 0) is 38.0 Å². The van der Waals surface area contributed by atoms with Crippen molar-refractivity contribution in [2.75, 3.05) is 12.3 Å². The first-order valence-electron chi connectivity index (χ1n) is 4.73. The van der Waals surface area contributed by atoms with Crippen LogP contribution in [0.25, 0.3) is 0 Å². The van der Waals surface area contributed by atoms with E-state index < -0.39 is 0 Å². The molecule has 0 rings (SSSR count). The summed E-state index contributed by atoms with van der Waals surface area (Å²) in [5.41, 5.74) is 0. The van der Waals surface area contributed by atoms with Crippen LogP contribution in [-0.2, 0) is 0 Å². The van der Waals surface area contributed by atoms with Crippen molar-refractivity contribution >= 4 is 8.58 Å². The Labute approximate surface area is 73.2 Å². The summed E-state index contributed by atoms with van der Waals surface area (Å²) in [5.74, 6) is 0. The molecule has 1 atom stereocenters. The molecule has 0 N–H and O–H groups in total. The monoisotopic (exact) mass is 172 g/mol. The summed E-state index contributed by atoms with van der Waals surface area (Å²) in [6, 6.07) is 0. The number of rotatable bonds is 8. The largest absolute Gasteiger partial charge is 0.122 e. The summed E-state index contributed by atoms with van der Waals surface area (Å²) < 4.78 is 0. The Balaban J connectivity index is 2.74. The molecule has 11 heavy (non-hydrogen) atoms. The van der Waals surface area contributed by atoms with Gasteiger partial charge in [-0.1, -0.05) is 19.4 Å². The Morgan fingerprint density at radius 3 is 2.55 bits per heavy atom. The van der Waals surface area contributed by atoms with Crippen molar-refractivity contribution < 1.29 is 0 Å². The van der Waals surface area contributed by atoms with Crippen LogP contribution in [0.3, 0.4) is 0 Å². The Morgan fingerprint density at radius 2 is 1.91 bits per heavy atom. The molecular formula is C10H21P. The van der Waals surface area contributed by atoms with Crippen molar-refractivity contribution in [3.05, 3.63) is 12.7 Å². The zero-order valence-corrected chi connectivity index (χ0v) is 8.73. The zero-order chi connectivity index (χ0) is 8.36. The first-order valence-corrected chi connectivity index (χ1v) is 6.14. The smallest absolute Gasteiger partial charge is 0.0353 e. The summed E-state index contributed by atoms with van der Waals surface area (Å²) in [6.45, 7) is 5.98. The van der Waals surface area contributed by atoms with E-state index in [0.29, 0.717) is 0 Å². The van der Waals surface area contributed by atoms with E-state index in [-0.39, 0.29) is 0 Å². The molecule has 0 radical (unpaired) electrons. The van der Waals surface area contributed by atoms with E-state index >= 15 is 0 Å². The second kappa shape index (κ2) is 10.2. The van der Waals surface area contributed by atoms with Gasteiger partial charge in [-0.25, -0.2) is 0 Å². The number of hydrogen-bond acceptors (Lipinski definition) is 0. The lowest BCUT2D eigenvalue weighted by molar-refractivity contribution is 0.819. The predicted molar refractivity (Wildman–Crippen MR) is 57.0 cm³/mol. The van der Waals surface area contributed by atoms with Gasteiger partial charge in [-0.15, -0.1) is 15.2 Å². The third-order valence-electron chi connectivity index (χ3n) is 1.72. The minimum Gasteiger partial charge on any atom is -0.122 e. The Bertz CT molecular complexity index is 78.9. The summed E-state index contributed by atoms with van der Waals surface area (Å²) >= 11 is 0. The molecule has 0 aliphatic rings. The third-order valence-corrected chi connectivity index (χ3v) is 3.13. The van der Waals surface area contributed by atoms with Crippen LogP contribution >= 0.6 is 8.58 Å². The lowest BCUT2D eigenvalue weighted by Gasteiger charge is -1.98. The lowest BCUT2D eigenvalue weighted by atomic mass is 10.2. The van der Waals surface area contributed by atoms with Crippen molar-refractivity contribution in [3.8, 4) is 0 Å². The predicted octanol–water partition coefficient (Wildman–Crippen LogP) is 3.82. The van der Waals surface area contributed by atoms with Crippen LogP contribution in [0, 0.1) is 0 Å². The van der Waals surface area contributed by atoms with Crippen LogP contribution in [0.1, 0.15) is 39.0 Å². The average Bonchev–Trinajstić information content (AvgIpc) is 2.03. The molecule has 1 heteroatoms. The van der Waals surface area contributed by atoms with E-state index in [0.717, 1.165) is 0 Å². The molecular weight excluding hydrogens is 151 g/mol. The van der Waals surface area contributed by atoms with Crippen LogP contribution < -0.4 is 0 Å². The standard InChI is InChI=1S/C10H21P/c1-3-5-7-8-10-11-9-6-4-2/h3,11H,1,4-10H2,2H3. The number of allylic oxidation sites excluding steroid dienone is 1. The van der Waals surface area contributed by atoms with E-state index in [1.807, 2.05) is 6.08 Å². The molecule has 1 unspecified atom stereocenters. The normalized spacial score (nSPS) is 11.0. The summed E-state index contributed by atoms with van der Waals surface area (Å²) in [6.07, 6.45) is 11.7. The van der Waals surface area contributed by atoms with E-state index in [1.54, 1.807) is 0 Å². The summed E-state index contributed by atoms with van der Waals surface area (Å²) in [4.78, 5) is 0. The molecule has 0 saturated heterocycles. The highest BCUT2D eigenvalue weighted by Gasteiger charge is 1.87. The first kappa shape index (κ1) is 11.2. The van der Waals surface area contributed by atoms with Crippen LogP contribution in [-0.4, -0.2) is 12.3 Å². The summed E-state index contributed by atoms with van der Waals surface area (Å²) in [5, 5.41) is 0. The third kappa shape index (κ3) is 10.2. The fraction of sp³-hybridized carbons (Fsp3) is 0.800. The molecule has 66 valence electrons. The van der Waals surface area contributed by atoms with Crippen LogP contribution in [0.4, 0.5) is 0 Å². The molecule has 0 aromatic rings. The van der Waals surface area contributed by atoms with Crippen LogP contribution in [0.15, 0.2) is 12.7 Å². The van der Waals surface area contributed by atoms with Crippen molar-refractivity contribution in [1.29, 1.82) is 0 Å². The summed E-state index contributed by atoms with van der Waals surface area (Å²) in [7, 11) is 1.22. The number of hydrogen-bond donors (Lipinski definition) is 0. The minimum atomic E-state index is 1.21. The van der Waals surface area contributed by atoms with Gasteiger partial charge in [0, 0.05) is 0 Å². The van der Waals surface area contributed by atoms with Crippen LogP contribution in [0.5, 0.6) is 0 Å². The fourth-order valence-corrected chi connectivity index (χ4v) is 2.32. The average molecular weight is 172 g/mol. The topological polar surface area (TPSA) is 0 Å². The quantitative estimate of drug-likeness (QED) is 0.296. The van der Waals surface area contributed by atoms with Crippen LogP contribution in [0.2, 0.25) is 0 Å². The molecule has 0 aromatic heterocycles. The highest BCUT2D eigenvalue weighted by molar-refractivity contribution is 7.37. The second-order valence-electron chi connectivity index (χ2n) is 2.89. The molecule has 0 fully saturated rings. The molecule has 0 heterocycles. The first-order chi connectivity index (χ1) is 5.41. The molecule has 0 aliphatic heterocycles. The van der Waals surface area contributed by atoms with Gasteiger partial charge in [0.25, 0.3) is 0 Å². The molecule has 0 bridgehead atoms. The van der Waals surface area contributed by atoms with Crippen molar-refractivity contribution in [1.82, 2.24) is 0 Å². The highest BCUT2D eigenvalue weighted by Crippen LogP contribution is 2.15. The molecule has 0 aliphatic carbocycles. The van der Waals surface area contributed by atoms with Gasteiger partial charge in [0.2, 0.25) is 0 Å². The van der Waals surface area contributed by atoms with Gasteiger partial charge in [-0.2, -0.15) is 0 Å². The maximum absolute atomic E-state index is 3.71. The van der Waals surface area contributed by atoms with E-state index in [9.17, 15) is 0 Å². The SMILES string of the molecule is C=CCCCCPCCCC.